The molecule has 0 radical (unpaired) electrons. The molecule has 0 bridgehead atoms. The molecular weight excluding hydrogens is 750 g/mol. The van der Waals surface area contributed by atoms with Crippen molar-refractivity contribution in [2.45, 2.75) is 0 Å². The topological polar surface area (TPSA) is 18.5 Å². The van der Waals surface area contributed by atoms with Crippen LogP contribution in [0.15, 0.2) is 39.0 Å². The molecule has 2 nitrogen and oxygen atoms in total. The first-order valence-corrected chi connectivity index (χ1v) is 11.7. The zero-order chi connectivity index (χ0) is 18.0. The Bertz CT molecular complexity index is 719. The zero-order valence-corrected chi connectivity index (χ0v) is 22.4. The number of rotatable bonds is 5. The van der Waals surface area contributed by atoms with Crippen LogP contribution in [0.25, 0.3) is 0 Å². The van der Waals surface area contributed by atoms with Gasteiger partial charge in [0.15, 0.2) is 0 Å². The Morgan fingerprint density at radius 1 is 0.625 bits per heavy atom. The summed E-state index contributed by atoms with van der Waals surface area (Å²) in [5.41, 5.74) is 0. The molecule has 0 saturated heterocycles. The summed E-state index contributed by atoms with van der Waals surface area (Å²) in [6.45, 7) is 0.615. The van der Waals surface area contributed by atoms with E-state index in [0.29, 0.717) is 34.8 Å². The van der Waals surface area contributed by atoms with Crippen LogP contribution in [0.3, 0.4) is 0 Å². The molecule has 2 rings (SSSR count). The van der Waals surface area contributed by atoms with Gasteiger partial charge in [-0.3, -0.25) is 0 Å². The van der Waals surface area contributed by atoms with Crippen molar-refractivity contribution in [1.82, 2.24) is 0 Å². The molecule has 0 heterocycles. The number of hydrogen-bond donors (Lipinski definition) is 0. The lowest BCUT2D eigenvalue weighted by molar-refractivity contribution is 0.217. The molecular formula is C14H6Br6Cl2O2. The van der Waals surface area contributed by atoms with E-state index in [0.717, 1.165) is 26.8 Å². The van der Waals surface area contributed by atoms with Crippen molar-refractivity contribution in [1.29, 1.82) is 0 Å². The highest BCUT2D eigenvalue weighted by Gasteiger charge is 2.15. The maximum atomic E-state index is 6.25. The Morgan fingerprint density at radius 3 is 1.29 bits per heavy atom. The van der Waals surface area contributed by atoms with Crippen LogP contribution >= 0.6 is 119 Å². The Labute approximate surface area is 199 Å². The third kappa shape index (κ3) is 5.06. The predicted octanol–water partition coefficient (Wildman–Crippen LogP) is 9.03. The van der Waals surface area contributed by atoms with E-state index in [-0.39, 0.29) is 0 Å². The maximum Gasteiger partial charge on any atom is 0.140 e. The summed E-state index contributed by atoms with van der Waals surface area (Å²) >= 11 is 33.0. The number of ether oxygens (including phenoxy) is 2. The van der Waals surface area contributed by atoms with Crippen LogP contribution in [0.2, 0.25) is 10.0 Å². The van der Waals surface area contributed by atoms with Crippen molar-refractivity contribution < 1.29 is 9.47 Å². The molecule has 0 aliphatic heterocycles. The third-order valence-corrected chi connectivity index (χ3v) is 10.6. The van der Waals surface area contributed by atoms with Gasteiger partial charge in [0.2, 0.25) is 0 Å². The minimum Gasteiger partial charge on any atom is -0.488 e. The fraction of sp³-hybridized carbons (Fsp3) is 0.143. The van der Waals surface area contributed by atoms with E-state index in [1.165, 1.54) is 0 Å². The molecule has 24 heavy (non-hydrogen) atoms. The predicted molar refractivity (Wildman–Crippen MR) is 120 cm³/mol. The maximum absolute atomic E-state index is 6.25. The standard InChI is InChI=1S/C14H6Br6Cl2O2/c15-5-3-7(13(21)11(19)9(5)17)23-1-2-24-8-4-6(16)10(18)12(20)14(8)22/h3-4H,1-2H2. The van der Waals surface area contributed by atoms with Gasteiger partial charge in [-0.05, 0) is 108 Å². The number of benzene rings is 2. The van der Waals surface area contributed by atoms with Crippen molar-refractivity contribution in [3.8, 4) is 11.5 Å². The molecule has 0 N–H and O–H groups in total. The van der Waals surface area contributed by atoms with Crippen LogP contribution in [0.1, 0.15) is 0 Å². The lowest BCUT2D eigenvalue weighted by Gasteiger charge is -2.14. The van der Waals surface area contributed by atoms with E-state index in [2.05, 4.69) is 95.6 Å². The normalized spacial score (nSPS) is 10.8. The summed E-state index contributed by atoms with van der Waals surface area (Å²) in [6, 6.07) is 3.58. The van der Waals surface area contributed by atoms with Gasteiger partial charge in [-0.25, -0.2) is 0 Å². The molecule has 0 fully saturated rings. The highest BCUT2D eigenvalue weighted by atomic mass is 79.9. The fourth-order valence-electron chi connectivity index (χ4n) is 1.62. The van der Waals surface area contributed by atoms with E-state index < -0.39 is 0 Å². The van der Waals surface area contributed by atoms with E-state index in [1.807, 2.05) is 0 Å². The molecule has 10 heteroatoms. The van der Waals surface area contributed by atoms with Crippen molar-refractivity contribution in [2.75, 3.05) is 13.2 Å². The first-order valence-electron chi connectivity index (χ1n) is 6.15. The van der Waals surface area contributed by atoms with Gasteiger partial charge in [0.05, 0.1) is 19.0 Å². The highest BCUT2D eigenvalue weighted by Crippen LogP contribution is 2.43. The van der Waals surface area contributed by atoms with E-state index in [4.69, 9.17) is 32.7 Å². The van der Waals surface area contributed by atoms with Gasteiger partial charge in [-0.15, -0.1) is 0 Å². The molecule has 0 saturated carbocycles. The molecule has 130 valence electrons. The Kier molecular flexibility index (Phi) is 8.74. The van der Waals surface area contributed by atoms with Crippen LogP contribution in [-0.4, -0.2) is 13.2 Å². The second kappa shape index (κ2) is 9.62. The smallest absolute Gasteiger partial charge is 0.140 e. The Balaban J connectivity index is 2.02. The monoisotopic (exact) mass is 749 g/mol. The van der Waals surface area contributed by atoms with Crippen LogP contribution in [0, 0.1) is 0 Å². The molecule has 2 aromatic carbocycles. The van der Waals surface area contributed by atoms with Gasteiger partial charge >= 0.3 is 0 Å². The van der Waals surface area contributed by atoms with Gasteiger partial charge in [-0.2, -0.15) is 0 Å². The molecule has 2 aromatic rings. The molecule has 0 unspecified atom stereocenters. The molecule has 0 aromatic heterocycles. The third-order valence-electron chi connectivity index (χ3n) is 2.74. The number of hydrogen-bond acceptors (Lipinski definition) is 2. The van der Waals surface area contributed by atoms with Crippen LogP contribution < -0.4 is 9.47 Å². The first-order chi connectivity index (χ1) is 11.2. The second-order valence-corrected chi connectivity index (χ2v) is 9.93. The average Bonchev–Trinajstić information content (AvgIpc) is 2.56. The minimum atomic E-state index is 0.307. The second-order valence-electron chi connectivity index (χ2n) is 4.29. The van der Waals surface area contributed by atoms with Crippen LogP contribution in [-0.2, 0) is 0 Å². The zero-order valence-electron chi connectivity index (χ0n) is 11.4. The summed E-state index contributed by atoms with van der Waals surface area (Å²) in [4.78, 5) is 0. The minimum absolute atomic E-state index is 0.307. The lowest BCUT2D eigenvalue weighted by Crippen LogP contribution is -2.10. The average molecular weight is 757 g/mol. The quantitative estimate of drug-likeness (QED) is 0.172. The lowest BCUT2D eigenvalue weighted by atomic mass is 10.3. The SMILES string of the molecule is Clc1c(OCCOc2cc(Br)c(Br)c(Br)c2Cl)cc(Br)c(Br)c1Br. The summed E-state index contributed by atoms with van der Waals surface area (Å²) in [5.74, 6) is 1.10. The Hall–Kier alpha value is 1.50. The summed E-state index contributed by atoms with van der Waals surface area (Å²) in [7, 11) is 0. The number of halogens is 8. The first kappa shape index (κ1) is 21.8. The van der Waals surface area contributed by atoms with Crippen LogP contribution in [0.5, 0.6) is 11.5 Å². The highest BCUT2D eigenvalue weighted by molar-refractivity contribution is 9.15. The summed E-state index contributed by atoms with van der Waals surface area (Å²) in [5, 5.41) is 0.967. The summed E-state index contributed by atoms with van der Waals surface area (Å²) in [6.07, 6.45) is 0. The molecule has 0 amide bonds. The van der Waals surface area contributed by atoms with Crippen molar-refractivity contribution >= 4 is 119 Å². The van der Waals surface area contributed by atoms with E-state index in [1.54, 1.807) is 12.1 Å². The van der Waals surface area contributed by atoms with Crippen LogP contribution in [0.4, 0.5) is 0 Å². The van der Waals surface area contributed by atoms with Crippen molar-refractivity contribution in [3.63, 3.8) is 0 Å². The Morgan fingerprint density at radius 2 is 0.958 bits per heavy atom. The van der Waals surface area contributed by atoms with Crippen molar-refractivity contribution in [3.05, 3.63) is 49.0 Å². The van der Waals surface area contributed by atoms with E-state index >= 15 is 0 Å². The van der Waals surface area contributed by atoms with Gasteiger partial charge in [0.1, 0.15) is 24.7 Å². The van der Waals surface area contributed by atoms with Crippen molar-refractivity contribution in [2.24, 2.45) is 0 Å². The molecule has 0 aliphatic carbocycles. The molecule has 0 atom stereocenters. The fourth-order valence-corrected chi connectivity index (χ4v) is 5.04. The van der Waals surface area contributed by atoms with Gasteiger partial charge < -0.3 is 9.47 Å². The van der Waals surface area contributed by atoms with Gasteiger partial charge in [0.25, 0.3) is 0 Å². The van der Waals surface area contributed by atoms with Gasteiger partial charge in [-0.1, -0.05) is 23.2 Å². The molecule has 0 aliphatic rings. The molecule has 0 spiro atoms. The largest absolute Gasteiger partial charge is 0.488 e. The van der Waals surface area contributed by atoms with E-state index in [9.17, 15) is 0 Å². The van der Waals surface area contributed by atoms with Gasteiger partial charge in [0, 0.05) is 17.9 Å². The summed E-state index contributed by atoms with van der Waals surface area (Å²) < 4.78 is 16.1.